The lowest BCUT2D eigenvalue weighted by Crippen LogP contribution is -2.00. The van der Waals surface area contributed by atoms with Crippen molar-refractivity contribution in [2.75, 3.05) is 0 Å². The second-order valence-corrected chi connectivity index (χ2v) is 6.79. The fourth-order valence-corrected chi connectivity index (χ4v) is 3.20. The highest BCUT2D eigenvalue weighted by Gasteiger charge is 2.37. The maximum absolute atomic E-state index is 13.7. The molecule has 0 aliphatic heterocycles. The van der Waals surface area contributed by atoms with E-state index in [-0.39, 0.29) is 0 Å². The first-order valence-electron chi connectivity index (χ1n) is 8.99. The number of carboxylic acids is 1. The van der Waals surface area contributed by atoms with Crippen LogP contribution in [0, 0.1) is 11.8 Å². The monoisotopic (exact) mass is 300 g/mol. The predicted octanol–water partition coefficient (Wildman–Crippen LogP) is 5.75. The van der Waals surface area contributed by atoms with E-state index in [1.165, 1.54) is 32.1 Å². The number of alkyl halides is 1. The molecule has 1 saturated carbocycles. The summed E-state index contributed by atoms with van der Waals surface area (Å²) in [4.78, 5) is 10.5. The molecule has 0 aromatic carbocycles. The molecule has 3 unspecified atom stereocenters. The molecule has 3 atom stereocenters. The van der Waals surface area contributed by atoms with Gasteiger partial charge >= 0.3 is 5.97 Å². The summed E-state index contributed by atoms with van der Waals surface area (Å²) in [6.07, 6.45) is 12.7. The zero-order chi connectivity index (χ0) is 15.5. The Bertz CT molecular complexity index is 280. The van der Waals surface area contributed by atoms with Gasteiger partial charge in [-0.25, -0.2) is 4.39 Å². The van der Waals surface area contributed by atoms with E-state index < -0.39 is 12.1 Å². The minimum Gasteiger partial charge on any atom is -0.481 e. The number of rotatable bonds is 14. The number of carbonyl (C=O) groups is 1. The lowest BCUT2D eigenvalue weighted by Gasteiger charge is -2.08. The lowest BCUT2D eigenvalue weighted by atomic mass is 10.0. The Labute approximate surface area is 129 Å². The fourth-order valence-electron chi connectivity index (χ4n) is 3.20. The summed E-state index contributed by atoms with van der Waals surface area (Å²) in [5, 5.41) is 8.69. The molecule has 0 aromatic rings. The van der Waals surface area contributed by atoms with E-state index in [2.05, 4.69) is 6.92 Å². The summed E-state index contributed by atoms with van der Waals surface area (Å²) in [6, 6.07) is 0. The molecule has 0 amide bonds. The Kier molecular flexibility index (Phi) is 9.69. The maximum atomic E-state index is 13.7. The lowest BCUT2D eigenvalue weighted by molar-refractivity contribution is -0.137. The smallest absolute Gasteiger partial charge is 0.303 e. The number of carboxylic acid groups (broad SMARTS) is 1. The van der Waals surface area contributed by atoms with Crippen LogP contribution >= 0.6 is 0 Å². The van der Waals surface area contributed by atoms with Gasteiger partial charge in [0, 0.05) is 6.42 Å². The Hall–Kier alpha value is -0.600. The van der Waals surface area contributed by atoms with Crippen LogP contribution in [0.5, 0.6) is 0 Å². The molecule has 1 fully saturated rings. The van der Waals surface area contributed by atoms with Gasteiger partial charge in [-0.05, 0) is 31.1 Å². The Balaban J connectivity index is 1.83. The van der Waals surface area contributed by atoms with Gasteiger partial charge in [-0.3, -0.25) is 4.79 Å². The van der Waals surface area contributed by atoms with E-state index in [1.54, 1.807) is 0 Å². The zero-order valence-corrected chi connectivity index (χ0v) is 13.7. The largest absolute Gasteiger partial charge is 0.481 e. The van der Waals surface area contributed by atoms with Crippen LogP contribution in [0.3, 0.4) is 0 Å². The molecule has 0 aromatic heterocycles. The predicted molar refractivity (Wildman–Crippen MR) is 85.2 cm³/mol. The van der Waals surface area contributed by atoms with Gasteiger partial charge < -0.3 is 5.11 Å². The highest BCUT2D eigenvalue weighted by Crippen LogP contribution is 2.44. The van der Waals surface area contributed by atoms with Crippen molar-refractivity contribution in [2.45, 2.75) is 96.6 Å². The van der Waals surface area contributed by atoms with E-state index in [9.17, 15) is 9.18 Å². The van der Waals surface area contributed by atoms with Crippen molar-refractivity contribution < 1.29 is 14.3 Å². The average Bonchev–Trinajstić information content (AvgIpc) is 3.16. The third-order valence-corrected chi connectivity index (χ3v) is 4.72. The molecule has 0 heterocycles. The van der Waals surface area contributed by atoms with Gasteiger partial charge in [0.05, 0.1) is 0 Å². The fraction of sp³-hybridized carbons (Fsp3) is 0.944. The highest BCUT2D eigenvalue weighted by molar-refractivity contribution is 5.67. The molecule has 1 rings (SSSR count). The van der Waals surface area contributed by atoms with E-state index in [0.717, 1.165) is 38.5 Å². The Morgan fingerprint density at radius 1 is 1.05 bits per heavy atom. The van der Waals surface area contributed by atoms with Crippen LogP contribution in [0.2, 0.25) is 0 Å². The minimum absolute atomic E-state index is 0.328. The summed E-state index contributed by atoms with van der Waals surface area (Å²) < 4.78 is 13.7. The van der Waals surface area contributed by atoms with Crippen molar-refractivity contribution in [1.82, 2.24) is 0 Å². The number of hydrogen-bond donors (Lipinski definition) is 1. The van der Waals surface area contributed by atoms with Crippen LogP contribution in [0.25, 0.3) is 0 Å². The molecule has 0 radical (unpaired) electrons. The Morgan fingerprint density at radius 3 is 2.33 bits per heavy atom. The topological polar surface area (TPSA) is 37.3 Å². The third kappa shape index (κ3) is 9.87. The Morgan fingerprint density at radius 2 is 1.67 bits per heavy atom. The van der Waals surface area contributed by atoms with Crippen LogP contribution in [0.1, 0.15) is 90.4 Å². The third-order valence-electron chi connectivity index (χ3n) is 4.72. The van der Waals surface area contributed by atoms with Crippen LogP contribution < -0.4 is 0 Å². The van der Waals surface area contributed by atoms with Crippen molar-refractivity contribution in [2.24, 2.45) is 11.8 Å². The molecule has 0 saturated heterocycles. The first-order valence-corrected chi connectivity index (χ1v) is 8.99. The van der Waals surface area contributed by atoms with E-state index in [0.29, 0.717) is 24.7 Å². The van der Waals surface area contributed by atoms with Gasteiger partial charge in [-0.1, -0.05) is 64.7 Å². The molecular formula is C18H33FO2. The first-order chi connectivity index (χ1) is 10.1. The van der Waals surface area contributed by atoms with Gasteiger partial charge in [-0.15, -0.1) is 0 Å². The van der Waals surface area contributed by atoms with E-state index in [1.807, 2.05) is 0 Å². The number of unbranched alkanes of at least 4 members (excludes halogenated alkanes) is 6. The molecule has 0 spiro atoms. The van der Waals surface area contributed by atoms with Crippen molar-refractivity contribution in [3.05, 3.63) is 0 Å². The average molecular weight is 300 g/mol. The van der Waals surface area contributed by atoms with E-state index >= 15 is 0 Å². The van der Waals surface area contributed by atoms with Gasteiger partial charge in [0.2, 0.25) is 0 Å². The van der Waals surface area contributed by atoms with Gasteiger partial charge in [0.25, 0.3) is 0 Å². The van der Waals surface area contributed by atoms with Crippen LogP contribution in [-0.2, 0) is 4.79 Å². The molecule has 124 valence electrons. The molecular weight excluding hydrogens is 267 g/mol. The second kappa shape index (κ2) is 11.0. The van der Waals surface area contributed by atoms with E-state index in [4.69, 9.17) is 5.11 Å². The molecule has 0 bridgehead atoms. The summed E-state index contributed by atoms with van der Waals surface area (Å²) in [5.41, 5.74) is 0. The first kappa shape index (κ1) is 18.4. The van der Waals surface area contributed by atoms with Gasteiger partial charge in [0.1, 0.15) is 6.17 Å². The molecule has 1 aliphatic carbocycles. The second-order valence-electron chi connectivity index (χ2n) is 6.79. The summed E-state index contributed by atoms with van der Waals surface area (Å²) >= 11 is 0. The zero-order valence-electron chi connectivity index (χ0n) is 13.7. The minimum atomic E-state index is -0.676. The summed E-state index contributed by atoms with van der Waals surface area (Å²) in [7, 11) is 0. The van der Waals surface area contributed by atoms with Crippen molar-refractivity contribution in [3.8, 4) is 0 Å². The summed E-state index contributed by atoms with van der Waals surface area (Å²) in [5.74, 6) is 0.342. The van der Waals surface area contributed by atoms with Crippen LogP contribution in [-0.4, -0.2) is 17.2 Å². The van der Waals surface area contributed by atoms with Gasteiger partial charge in [-0.2, -0.15) is 0 Å². The van der Waals surface area contributed by atoms with Crippen LogP contribution in [0.4, 0.5) is 4.39 Å². The maximum Gasteiger partial charge on any atom is 0.303 e. The normalized spacial score (nSPS) is 22.2. The molecule has 1 N–H and O–H groups in total. The molecule has 21 heavy (non-hydrogen) atoms. The van der Waals surface area contributed by atoms with Gasteiger partial charge in [0.15, 0.2) is 0 Å². The van der Waals surface area contributed by atoms with Crippen molar-refractivity contribution in [3.63, 3.8) is 0 Å². The SMILES string of the molecule is CCCCCCCCC(F)CCCCC1CC1CC(=O)O. The molecule has 3 heteroatoms. The highest BCUT2D eigenvalue weighted by atomic mass is 19.1. The summed E-state index contributed by atoms with van der Waals surface area (Å²) in [6.45, 7) is 2.21. The number of aliphatic carboxylic acids is 1. The molecule has 1 aliphatic rings. The standard InChI is InChI=1S/C18H33FO2/c1-2-3-4-5-6-7-11-17(19)12-9-8-10-15-13-16(15)14-18(20)21/h15-17H,2-14H2,1H3,(H,20,21). The molecule has 2 nitrogen and oxygen atoms in total. The van der Waals surface area contributed by atoms with Crippen molar-refractivity contribution in [1.29, 1.82) is 0 Å². The number of halogens is 1. The van der Waals surface area contributed by atoms with Crippen molar-refractivity contribution >= 4 is 5.97 Å². The number of hydrogen-bond acceptors (Lipinski definition) is 1. The quantitative estimate of drug-likeness (QED) is 0.415. The van der Waals surface area contributed by atoms with Crippen LogP contribution in [0.15, 0.2) is 0 Å².